The van der Waals surface area contributed by atoms with Crippen molar-refractivity contribution >= 4 is 34.0 Å². The smallest absolute Gasteiger partial charge is 0.272 e. The Balaban J connectivity index is 1.87. The lowest BCUT2D eigenvalue weighted by Crippen LogP contribution is -2.18. The second kappa shape index (κ2) is 6.76. The molecule has 0 aliphatic heterocycles. The van der Waals surface area contributed by atoms with E-state index in [0.717, 1.165) is 0 Å². The van der Waals surface area contributed by atoms with Crippen LogP contribution in [0.3, 0.4) is 0 Å². The van der Waals surface area contributed by atoms with Gasteiger partial charge >= 0.3 is 0 Å². The van der Waals surface area contributed by atoms with E-state index in [0.29, 0.717) is 33.8 Å². The first-order valence-corrected chi connectivity index (χ1v) is 7.82. The average molecular weight is 343 g/mol. The first-order valence-electron chi connectivity index (χ1n) is 7.44. The van der Waals surface area contributed by atoms with E-state index in [1.807, 2.05) is 13.0 Å². The summed E-state index contributed by atoms with van der Waals surface area (Å²) in [6.45, 7) is 2.37. The molecule has 1 amide bonds. The number of ether oxygens (including phenoxy) is 1. The SMILES string of the molecule is CCOc1ccc(NC(=O)c2cc3ccccc3c(=O)[nH]2)cc1Cl. The Labute approximate surface area is 143 Å². The third-order valence-electron chi connectivity index (χ3n) is 3.49. The van der Waals surface area contributed by atoms with Crippen molar-refractivity contribution in [1.29, 1.82) is 0 Å². The van der Waals surface area contributed by atoms with Gasteiger partial charge in [-0.05, 0) is 42.6 Å². The Morgan fingerprint density at radius 1 is 1.21 bits per heavy atom. The molecule has 0 fully saturated rings. The number of fused-ring (bicyclic) bond motifs is 1. The van der Waals surface area contributed by atoms with Crippen LogP contribution in [0.15, 0.2) is 53.3 Å². The van der Waals surface area contributed by atoms with Crippen LogP contribution in [0.25, 0.3) is 10.8 Å². The predicted molar refractivity (Wildman–Crippen MR) is 95.1 cm³/mol. The fourth-order valence-electron chi connectivity index (χ4n) is 2.38. The summed E-state index contributed by atoms with van der Waals surface area (Å²) in [4.78, 5) is 27.0. The highest BCUT2D eigenvalue weighted by molar-refractivity contribution is 6.32. The number of aromatic amines is 1. The van der Waals surface area contributed by atoms with Gasteiger partial charge in [-0.3, -0.25) is 9.59 Å². The van der Waals surface area contributed by atoms with Crippen LogP contribution >= 0.6 is 11.6 Å². The molecule has 3 rings (SSSR count). The lowest BCUT2D eigenvalue weighted by Gasteiger charge is -2.09. The largest absolute Gasteiger partial charge is 0.492 e. The van der Waals surface area contributed by atoms with Crippen molar-refractivity contribution in [1.82, 2.24) is 4.98 Å². The monoisotopic (exact) mass is 342 g/mol. The lowest BCUT2D eigenvalue weighted by molar-refractivity contribution is 0.102. The number of halogens is 1. The maximum absolute atomic E-state index is 12.4. The van der Waals surface area contributed by atoms with E-state index in [1.165, 1.54) is 0 Å². The molecule has 0 saturated heterocycles. The van der Waals surface area contributed by atoms with Crippen molar-refractivity contribution in [2.45, 2.75) is 6.92 Å². The zero-order valence-corrected chi connectivity index (χ0v) is 13.7. The molecule has 2 aromatic carbocycles. The number of benzene rings is 2. The molecule has 0 atom stereocenters. The molecule has 0 unspecified atom stereocenters. The molecule has 0 saturated carbocycles. The maximum Gasteiger partial charge on any atom is 0.272 e. The quantitative estimate of drug-likeness (QED) is 0.757. The van der Waals surface area contributed by atoms with Gasteiger partial charge in [-0.25, -0.2) is 0 Å². The third kappa shape index (κ3) is 3.26. The predicted octanol–water partition coefficient (Wildman–Crippen LogP) is 3.83. The molecule has 3 aromatic rings. The number of rotatable bonds is 4. The van der Waals surface area contributed by atoms with E-state index in [-0.39, 0.29) is 11.3 Å². The van der Waals surface area contributed by atoms with Gasteiger partial charge in [-0.2, -0.15) is 0 Å². The van der Waals surface area contributed by atoms with Gasteiger partial charge in [0.05, 0.1) is 11.6 Å². The average Bonchev–Trinajstić information content (AvgIpc) is 2.57. The number of pyridine rings is 1. The number of carbonyl (C=O) groups is 1. The number of amides is 1. The van der Waals surface area contributed by atoms with E-state index >= 15 is 0 Å². The van der Waals surface area contributed by atoms with Crippen molar-refractivity contribution in [3.8, 4) is 5.75 Å². The minimum atomic E-state index is -0.418. The molecule has 0 spiro atoms. The summed E-state index contributed by atoms with van der Waals surface area (Å²) in [7, 11) is 0. The van der Waals surface area contributed by atoms with Gasteiger partial charge in [0.25, 0.3) is 11.5 Å². The third-order valence-corrected chi connectivity index (χ3v) is 3.78. The van der Waals surface area contributed by atoms with Crippen LogP contribution in [0.4, 0.5) is 5.69 Å². The van der Waals surface area contributed by atoms with Gasteiger partial charge in [-0.15, -0.1) is 0 Å². The first kappa shape index (κ1) is 16.1. The van der Waals surface area contributed by atoms with Crippen LogP contribution < -0.4 is 15.6 Å². The summed E-state index contributed by atoms with van der Waals surface area (Å²) < 4.78 is 5.35. The molecule has 2 N–H and O–H groups in total. The summed E-state index contributed by atoms with van der Waals surface area (Å²) in [6.07, 6.45) is 0. The first-order chi connectivity index (χ1) is 11.6. The second-order valence-corrected chi connectivity index (χ2v) is 5.54. The highest BCUT2D eigenvalue weighted by Gasteiger charge is 2.11. The van der Waals surface area contributed by atoms with Crippen LogP contribution in [0.5, 0.6) is 5.75 Å². The number of nitrogens with one attached hydrogen (secondary N) is 2. The Kier molecular flexibility index (Phi) is 4.53. The standard InChI is InChI=1S/C18H15ClN2O3/c1-2-24-16-8-7-12(10-14(16)19)20-18(23)15-9-11-5-3-4-6-13(11)17(22)21-15/h3-10H,2H2,1H3,(H,20,23)(H,21,22). The molecule has 0 bridgehead atoms. The fourth-order valence-corrected chi connectivity index (χ4v) is 2.62. The molecule has 0 aliphatic carbocycles. The van der Waals surface area contributed by atoms with Crippen molar-refractivity contribution < 1.29 is 9.53 Å². The molecular weight excluding hydrogens is 328 g/mol. The summed E-state index contributed by atoms with van der Waals surface area (Å²) in [5, 5.41) is 4.36. The van der Waals surface area contributed by atoms with Gasteiger partial charge in [-0.1, -0.05) is 29.8 Å². The molecular formula is C18H15ClN2O3. The van der Waals surface area contributed by atoms with Gasteiger partial charge in [0.2, 0.25) is 0 Å². The van der Waals surface area contributed by atoms with Gasteiger partial charge in [0, 0.05) is 11.1 Å². The van der Waals surface area contributed by atoms with Gasteiger partial charge < -0.3 is 15.0 Å². The zero-order chi connectivity index (χ0) is 17.1. The van der Waals surface area contributed by atoms with E-state index in [2.05, 4.69) is 10.3 Å². The van der Waals surface area contributed by atoms with Gasteiger partial charge in [0.1, 0.15) is 11.4 Å². The fraction of sp³-hybridized carbons (Fsp3) is 0.111. The molecule has 0 radical (unpaired) electrons. The topological polar surface area (TPSA) is 71.2 Å². The molecule has 0 aliphatic rings. The highest BCUT2D eigenvalue weighted by Crippen LogP contribution is 2.27. The van der Waals surface area contributed by atoms with Crippen LogP contribution in [-0.4, -0.2) is 17.5 Å². The maximum atomic E-state index is 12.4. The number of hydrogen-bond acceptors (Lipinski definition) is 3. The van der Waals surface area contributed by atoms with E-state index in [9.17, 15) is 9.59 Å². The molecule has 1 heterocycles. The summed E-state index contributed by atoms with van der Waals surface area (Å²) in [5.74, 6) is 0.134. The number of carbonyl (C=O) groups excluding carboxylic acids is 1. The van der Waals surface area contributed by atoms with E-state index in [4.69, 9.17) is 16.3 Å². The van der Waals surface area contributed by atoms with Crippen LogP contribution in [0.2, 0.25) is 5.02 Å². The van der Waals surface area contributed by atoms with E-state index in [1.54, 1.807) is 42.5 Å². The Morgan fingerprint density at radius 3 is 2.75 bits per heavy atom. The Morgan fingerprint density at radius 2 is 2.00 bits per heavy atom. The van der Waals surface area contributed by atoms with Crippen LogP contribution in [0.1, 0.15) is 17.4 Å². The van der Waals surface area contributed by atoms with Crippen molar-refractivity contribution in [3.05, 3.63) is 69.6 Å². The minimum Gasteiger partial charge on any atom is -0.492 e. The van der Waals surface area contributed by atoms with Gasteiger partial charge in [0.15, 0.2) is 0 Å². The van der Waals surface area contributed by atoms with Crippen molar-refractivity contribution in [3.63, 3.8) is 0 Å². The molecule has 122 valence electrons. The molecule has 5 nitrogen and oxygen atoms in total. The molecule has 6 heteroatoms. The second-order valence-electron chi connectivity index (χ2n) is 5.13. The van der Waals surface area contributed by atoms with Crippen molar-refractivity contribution in [2.75, 3.05) is 11.9 Å². The van der Waals surface area contributed by atoms with Crippen LogP contribution in [0, 0.1) is 0 Å². The van der Waals surface area contributed by atoms with E-state index < -0.39 is 5.91 Å². The number of aromatic nitrogens is 1. The number of hydrogen-bond donors (Lipinski definition) is 2. The molecule has 24 heavy (non-hydrogen) atoms. The summed E-state index contributed by atoms with van der Waals surface area (Å²) in [6, 6.07) is 13.7. The number of anilines is 1. The summed E-state index contributed by atoms with van der Waals surface area (Å²) >= 11 is 6.11. The highest BCUT2D eigenvalue weighted by atomic mass is 35.5. The molecule has 1 aromatic heterocycles. The minimum absolute atomic E-state index is 0.184. The summed E-state index contributed by atoms with van der Waals surface area (Å²) in [5.41, 5.74) is 0.397. The van der Waals surface area contributed by atoms with Crippen LogP contribution in [-0.2, 0) is 0 Å². The zero-order valence-electron chi connectivity index (χ0n) is 12.9. The number of H-pyrrole nitrogens is 1. The Hall–Kier alpha value is -2.79. The van der Waals surface area contributed by atoms with Crippen molar-refractivity contribution in [2.24, 2.45) is 0 Å². The normalized spacial score (nSPS) is 10.6. The Bertz CT molecular complexity index is 966. The lowest BCUT2D eigenvalue weighted by atomic mass is 10.1.